The van der Waals surface area contributed by atoms with Gasteiger partial charge >= 0.3 is 12.1 Å². The van der Waals surface area contributed by atoms with E-state index in [1.54, 1.807) is 36.2 Å². The maximum atomic E-state index is 14.4. The van der Waals surface area contributed by atoms with Crippen LogP contribution in [0.25, 0.3) is 10.9 Å². The molecular formula is C32H32FN3O5. The van der Waals surface area contributed by atoms with E-state index in [1.165, 1.54) is 17.0 Å². The molecule has 2 aromatic carbocycles. The Morgan fingerprint density at radius 1 is 1.15 bits per heavy atom. The van der Waals surface area contributed by atoms with E-state index < -0.39 is 23.4 Å². The van der Waals surface area contributed by atoms with Crippen LogP contribution in [0.1, 0.15) is 48.9 Å². The van der Waals surface area contributed by atoms with E-state index in [2.05, 4.69) is 4.98 Å². The third-order valence-corrected chi connectivity index (χ3v) is 8.30. The minimum Gasteiger partial charge on any atom is -0.465 e. The molecule has 3 heterocycles. The monoisotopic (exact) mass is 557 g/mol. The molecule has 1 N–H and O–H groups in total. The van der Waals surface area contributed by atoms with Gasteiger partial charge in [-0.1, -0.05) is 36.4 Å². The summed E-state index contributed by atoms with van der Waals surface area (Å²) in [6, 6.07) is 14.1. The van der Waals surface area contributed by atoms with Crippen LogP contribution in [0.15, 0.2) is 72.6 Å². The van der Waals surface area contributed by atoms with Gasteiger partial charge < -0.3 is 19.4 Å². The number of nitrogens with zero attached hydrogens (tertiary/aromatic N) is 2. The number of hydrogen-bond acceptors (Lipinski definition) is 5. The number of fused-ring (bicyclic) bond motifs is 3. The number of aromatic nitrogens is 1. The molecule has 1 unspecified atom stereocenters. The van der Waals surface area contributed by atoms with Crippen molar-refractivity contribution in [2.75, 3.05) is 26.3 Å². The van der Waals surface area contributed by atoms with Gasteiger partial charge in [-0.3, -0.25) is 14.5 Å². The molecule has 0 radical (unpaired) electrons. The molecule has 8 nitrogen and oxygen atoms in total. The number of carbonyl (C=O) groups excluding carboxylic acids is 3. The Balaban J connectivity index is 1.61. The number of ether oxygens (including phenoxy) is 2. The molecule has 0 spiro atoms. The van der Waals surface area contributed by atoms with Gasteiger partial charge in [-0.25, -0.2) is 9.18 Å². The highest BCUT2D eigenvalue weighted by Crippen LogP contribution is 2.54. The fourth-order valence-corrected chi connectivity index (χ4v) is 6.50. The Kier molecular flexibility index (Phi) is 7.11. The first-order valence-corrected chi connectivity index (χ1v) is 14.0. The van der Waals surface area contributed by atoms with Crippen molar-refractivity contribution in [2.24, 2.45) is 0 Å². The first kappa shape index (κ1) is 26.8. The molecular weight excluding hydrogens is 525 g/mol. The van der Waals surface area contributed by atoms with E-state index in [4.69, 9.17) is 9.47 Å². The highest BCUT2D eigenvalue weighted by molar-refractivity contribution is 5.93. The number of amides is 2. The number of rotatable bonds is 7. The zero-order valence-corrected chi connectivity index (χ0v) is 22.9. The summed E-state index contributed by atoms with van der Waals surface area (Å²) >= 11 is 0. The van der Waals surface area contributed by atoms with Crippen LogP contribution in [-0.2, 0) is 30.9 Å². The standard InChI is InChI=1S/C32H32FN3O5/c1-2-40-30(38)32(14-6-16-35-17-18-41-31(35)39)28(21-10-12-23(33)13-11-21)22(20-36-15-5-9-27(36)37)19-25-24-7-3-4-8-26(24)34-29(25)32/h3-4,6-8,10-13,16,20,28,34H,2,5,9,14-15,17-19H2,1H3/b16-6+,22-20+/t28?,32-/m1/s1. The van der Waals surface area contributed by atoms with E-state index in [1.807, 2.05) is 30.5 Å². The van der Waals surface area contributed by atoms with Gasteiger partial charge in [0, 0.05) is 47.9 Å². The van der Waals surface area contributed by atoms with Crippen LogP contribution in [-0.4, -0.2) is 59.1 Å². The van der Waals surface area contributed by atoms with Crippen LogP contribution < -0.4 is 0 Å². The number of para-hydroxylation sites is 1. The lowest BCUT2D eigenvalue weighted by atomic mass is 9.59. The van der Waals surface area contributed by atoms with Gasteiger partial charge in [0.05, 0.1) is 13.2 Å². The average molecular weight is 558 g/mol. The quantitative estimate of drug-likeness (QED) is 0.398. The number of likely N-dealkylation sites (tertiary alicyclic amines) is 1. The van der Waals surface area contributed by atoms with Gasteiger partial charge in [0.1, 0.15) is 17.8 Å². The van der Waals surface area contributed by atoms with Crippen LogP contribution in [0.4, 0.5) is 9.18 Å². The summed E-state index contributed by atoms with van der Waals surface area (Å²) in [6.45, 7) is 3.25. The van der Waals surface area contributed by atoms with E-state index in [0.29, 0.717) is 32.5 Å². The highest BCUT2D eigenvalue weighted by atomic mass is 19.1. The summed E-state index contributed by atoms with van der Waals surface area (Å²) < 4.78 is 25.1. The maximum absolute atomic E-state index is 14.4. The zero-order valence-electron chi connectivity index (χ0n) is 22.9. The van der Waals surface area contributed by atoms with Crippen molar-refractivity contribution in [1.29, 1.82) is 0 Å². The third kappa shape index (κ3) is 4.69. The van der Waals surface area contributed by atoms with Gasteiger partial charge in [-0.2, -0.15) is 0 Å². The number of halogens is 1. The van der Waals surface area contributed by atoms with E-state index >= 15 is 0 Å². The minimum atomic E-state index is -1.30. The van der Waals surface area contributed by atoms with E-state index in [0.717, 1.165) is 39.7 Å². The molecule has 0 saturated carbocycles. The van der Waals surface area contributed by atoms with Crippen LogP contribution in [0.3, 0.4) is 0 Å². The Morgan fingerprint density at radius 3 is 2.66 bits per heavy atom. The summed E-state index contributed by atoms with van der Waals surface area (Å²) in [4.78, 5) is 46.1. The molecule has 3 aromatic rings. The molecule has 1 aromatic heterocycles. The van der Waals surface area contributed by atoms with Crippen LogP contribution in [0, 0.1) is 5.82 Å². The molecule has 0 bridgehead atoms. The second-order valence-corrected chi connectivity index (χ2v) is 10.7. The molecule has 2 saturated heterocycles. The van der Waals surface area contributed by atoms with Crippen LogP contribution >= 0.6 is 0 Å². The number of allylic oxidation sites excluding steroid dienone is 2. The number of cyclic esters (lactones) is 1. The second-order valence-electron chi connectivity index (χ2n) is 10.7. The molecule has 2 amide bonds. The number of H-pyrrole nitrogens is 1. The summed E-state index contributed by atoms with van der Waals surface area (Å²) in [5, 5.41) is 0.986. The van der Waals surface area contributed by atoms with Crippen molar-refractivity contribution in [3.63, 3.8) is 0 Å². The van der Waals surface area contributed by atoms with Gasteiger partial charge in [0.15, 0.2) is 0 Å². The number of nitrogens with one attached hydrogen (secondary N) is 1. The zero-order chi connectivity index (χ0) is 28.6. The van der Waals surface area contributed by atoms with Crippen LogP contribution in [0.2, 0.25) is 0 Å². The summed E-state index contributed by atoms with van der Waals surface area (Å²) in [5.41, 5.74) is 2.87. The summed E-state index contributed by atoms with van der Waals surface area (Å²) in [7, 11) is 0. The van der Waals surface area contributed by atoms with Gasteiger partial charge in [-0.15, -0.1) is 0 Å². The van der Waals surface area contributed by atoms with Gasteiger partial charge in [0.2, 0.25) is 5.91 Å². The minimum absolute atomic E-state index is 0.0363. The van der Waals surface area contributed by atoms with E-state index in [9.17, 15) is 18.8 Å². The molecule has 2 atom stereocenters. The molecule has 2 fully saturated rings. The molecule has 1 aliphatic carbocycles. The van der Waals surface area contributed by atoms with Crippen LogP contribution in [0.5, 0.6) is 0 Å². The Morgan fingerprint density at radius 2 is 1.95 bits per heavy atom. The smallest absolute Gasteiger partial charge is 0.413 e. The van der Waals surface area contributed by atoms with E-state index in [-0.39, 0.29) is 24.8 Å². The Hall–Kier alpha value is -4.40. The summed E-state index contributed by atoms with van der Waals surface area (Å²) in [6.07, 6.45) is 6.83. The Labute approximate surface area is 237 Å². The number of esters is 1. The number of aromatic amines is 1. The van der Waals surface area contributed by atoms with Crippen molar-refractivity contribution in [2.45, 2.75) is 43.9 Å². The molecule has 6 rings (SSSR count). The fourth-order valence-electron chi connectivity index (χ4n) is 6.50. The topological polar surface area (TPSA) is 91.9 Å². The third-order valence-electron chi connectivity index (χ3n) is 8.30. The molecule has 3 aliphatic rings. The maximum Gasteiger partial charge on any atom is 0.413 e. The van der Waals surface area contributed by atoms with Gasteiger partial charge in [-0.05, 0) is 61.1 Å². The van der Waals surface area contributed by atoms with Crippen molar-refractivity contribution >= 4 is 28.9 Å². The first-order chi connectivity index (χ1) is 19.9. The number of benzene rings is 2. The summed E-state index contributed by atoms with van der Waals surface area (Å²) in [5.74, 6) is -1.36. The predicted molar refractivity (Wildman–Crippen MR) is 150 cm³/mol. The van der Waals surface area contributed by atoms with Crippen molar-refractivity contribution in [1.82, 2.24) is 14.8 Å². The number of carbonyl (C=O) groups is 3. The fraction of sp³-hybridized carbons (Fsp3) is 0.344. The second kappa shape index (κ2) is 10.9. The lowest BCUT2D eigenvalue weighted by molar-refractivity contribution is -0.151. The largest absolute Gasteiger partial charge is 0.465 e. The molecule has 2 aliphatic heterocycles. The lowest BCUT2D eigenvalue weighted by Crippen LogP contribution is -2.47. The predicted octanol–water partition coefficient (Wildman–Crippen LogP) is 5.31. The highest BCUT2D eigenvalue weighted by Gasteiger charge is 2.55. The Bertz CT molecular complexity index is 1560. The molecule has 41 heavy (non-hydrogen) atoms. The number of hydrogen-bond donors (Lipinski definition) is 1. The van der Waals surface area contributed by atoms with Crippen molar-refractivity contribution in [3.8, 4) is 0 Å². The molecule has 9 heteroatoms. The molecule has 212 valence electrons. The SMILES string of the molecule is CCOC(=O)[C@@]1(C/C=C/N2CCOC2=O)c2[nH]c3ccccc3c2C/C(=C\N2CCCC2=O)C1c1ccc(F)cc1. The van der Waals surface area contributed by atoms with Crippen molar-refractivity contribution < 1.29 is 28.2 Å². The first-order valence-electron chi connectivity index (χ1n) is 14.0. The van der Waals surface area contributed by atoms with Crippen molar-refractivity contribution in [3.05, 3.63) is 95.2 Å². The lowest BCUT2D eigenvalue weighted by Gasteiger charge is -2.43. The van der Waals surface area contributed by atoms with Gasteiger partial charge in [0.25, 0.3) is 0 Å². The normalized spacial score (nSPS) is 23.6. The average Bonchev–Trinajstić information content (AvgIpc) is 3.68.